The molecule has 0 radical (unpaired) electrons. The third-order valence-corrected chi connectivity index (χ3v) is 2.44. The zero-order valence-corrected chi connectivity index (χ0v) is 9.13. The number of carbonyl (C=O) groups excluding carboxylic acids is 1. The van der Waals surface area contributed by atoms with Gasteiger partial charge in [-0.3, -0.25) is 0 Å². The maximum atomic E-state index is 11.0. The molecule has 0 saturated heterocycles. The van der Waals surface area contributed by atoms with Crippen molar-refractivity contribution < 1.29 is 17.4 Å². The molecule has 0 bridgehead atoms. The van der Waals surface area contributed by atoms with Gasteiger partial charge < -0.3 is 16.1 Å². The first kappa shape index (κ1) is 15.5. The van der Waals surface area contributed by atoms with Crippen LogP contribution in [0.15, 0.2) is 12.7 Å². The largest absolute Gasteiger partial charge is 0.345 e. The molecule has 0 spiro atoms. The molecular weight excluding hydrogens is 208 g/mol. The second-order valence-electron chi connectivity index (χ2n) is 3.30. The summed E-state index contributed by atoms with van der Waals surface area (Å²) < 4.78 is 26.2. The van der Waals surface area contributed by atoms with Gasteiger partial charge in [-0.05, 0) is 13.8 Å². The van der Waals surface area contributed by atoms with Gasteiger partial charge in [0.25, 0.3) is 0 Å². The molecule has 0 aliphatic rings. The van der Waals surface area contributed by atoms with E-state index in [-0.39, 0.29) is 6.15 Å². The van der Waals surface area contributed by atoms with Crippen molar-refractivity contribution in [2.45, 2.75) is 19.4 Å². The van der Waals surface area contributed by atoms with E-state index in [0.717, 1.165) is 6.08 Å². The van der Waals surface area contributed by atoms with Crippen molar-refractivity contribution in [2.24, 2.45) is 5.73 Å². The van der Waals surface area contributed by atoms with E-state index in [0.29, 0.717) is 0 Å². The number of hydrogen-bond acceptors (Lipinski definition) is 6. The molecule has 0 aliphatic carbocycles. The third kappa shape index (κ3) is 7.71. The highest BCUT2D eigenvalue weighted by molar-refractivity contribution is 7.87. The number of nitrogens with two attached hydrogens (primary N) is 1. The summed E-state index contributed by atoms with van der Waals surface area (Å²) in [6, 6.07) is 0. The lowest BCUT2D eigenvalue weighted by molar-refractivity contribution is -0.128. The van der Waals surface area contributed by atoms with Gasteiger partial charge in [0.05, 0.1) is 0 Å². The molecule has 7 heteroatoms. The van der Waals surface area contributed by atoms with E-state index in [2.05, 4.69) is 10.8 Å². The van der Waals surface area contributed by atoms with Crippen LogP contribution in [0.2, 0.25) is 0 Å². The molecule has 0 aromatic carbocycles. The third-order valence-electron chi connectivity index (χ3n) is 0.925. The Kier molecular flexibility index (Phi) is 5.65. The fraction of sp³-hybridized carbons (Fsp3) is 0.571. The Labute approximate surface area is 83.8 Å². The highest BCUT2D eigenvalue weighted by atomic mass is 32.2. The summed E-state index contributed by atoms with van der Waals surface area (Å²) in [4.78, 5) is 10.6. The molecule has 14 heavy (non-hydrogen) atoms. The molecule has 5 N–H and O–H groups in total. The second kappa shape index (κ2) is 5.08. The number of carbonyl (C=O) groups is 1. The van der Waals surface area contributed by atoms with Gasteiger partial charge in [-0.15, -0.1) is 0 Å². The summed E-state index contributed by atoms with van der Waals surface area (Å²) in [5.74, 6) is -1.41. The van der Waals surface area contributed by atoms with Crippen molar-refractivity contribution in [3.8, 4) is 0 Å². The average molecular weight is 224 g/mol. The van der Waals surface area contributed by atoms with Gasteiger partial charge in [0.1, 0.15) is 5.75 Å². The first-order chi connectivity index (χ1) is 5.66. The minimum atomic E-state index is -3.90. The zero-order chi connectivity index (χ0) is 10.7. The van der Waals surface area contributed by atoms with Crippen LogP contribution in [0.3, 0.4) is 0 Å². The van der Waals surface area contributed by atoms with Crippen LogP contribution < -0.4 is 11.9 Å². The van der Waals surface area contributed by atoms with Gasteiger partial charge in [0.2, 0.25) is 0 Å². The minimum absolute atomic E-state index is 0. The van der Waals surface area contributed by atoms with Crippen LogP contribution in [0.5, 0.6) is 0 Å². The lowest BCUT2D eigenvalue weighted by Crippen LogP contribution is -2.40. The van der Waals surface area contributed by atoms with Crippen LogP contribution in [0.1, 0.15) is 13.8 Å². The Morgan fingerprint density at radius 3 is 2.29 bits per heavy atom. The van der Waals surface area contributed by atoms with Crippen molar-refractivity contribution in [1.29, 1.82) is 0 Å². The predicted octanol–water partition coefficient (Wildman–Crippen LogP) is -0.0553. The molecule has 0 fully saturated rings. The van der Waals surface area contributed by atoms with E-state index >= 15 is 0 Å². The van der Waals surface area contributed by atoms with Gasteiger partial charge in [-0.25, -0.2) is 4.79 Å². The van der Waals surface area contributed by atoms with Crippen LogP contribution in [-0.2, 0) is 19.1 Å². The topological polar surface area (TPSA) is 121 Å². The number of hydrogen-bond donors (Lipinski definition) is 2. The Morgan fingerprint density at radius 1 is 1.57 bits per heavy atom. The summed E-state index contributed by atoms with van der Waals surface area (Å²) in [7, 11) is -3.90. The van der Waals surface area contributed by atoms with Crippen LogP contribution >= 0.6 is 0 Å². The molecule has 0 aromatic heterocycles. The molecule has 0 amide bonds. The predicted molar refractivity (Wildman–Crippen MR) is 53.4 cm³/mol. The first-order valence-electron chi connectivity index (χ1n) is 3.54. The monoisotopic (exact) mass is 224 g/mol. The normalized spacial score (nSPS) is 11.4. The van der Waals surface area contributed by atoms with Gasteiger partial charge in [0, 0.05) is 11.6 Å². The molecule has 0 heterocycles. The van der Waals surface area contributed by atoms with Gasteiger partial charge in [0.15, 0.2) is 0 Å². The first-order valence-corrected chi connectivity index (χ1v) is 5.11. The van der Waals surface area contributed by atoms with Crippen molar-refractivity contribution in [3.05, 3.63) is 12.7 Å². The fourth-order valence-corrected chi connectivity index (χ4v) is 1.93. The van der Waals surface area contributed by atoms with E-state index in [1.165, 1.54) is 13.8 Å². The average Bonchev–Trinajstić information content (AvgIpc) is 1.80. The van der Waals surface area contributed by atoms with E-state index in [9.17, 15) is 13.2 Å². The standard InChI is InChI=1S/C7H13NO4S.H3N/c1-4-6(9)12-13(10,11)5-7(2,3)8;/h4H,1,5,8H2,2-3H3;1H3. The Bertz CT molecular complexity index is 302. The molecule has 0 saturated carbocycles. The number of rotatable bonds is 4. The Hall–Kier alpha value is -0.920. The molecular formula is C7H16N2O4S. The van der Waals surface area contributed by atoms with Gasteiger partial charge in [-0.1, -0.05) is 6.58 Å². The molecule has 0 unspecified atom stereocenters. The van der Waals surface area contributed by atoms with Crippen molar-refractivity contribution in [1.82, 2.24) is 6.15 Å². The lowest BCUT2D eigenvalue weighted by Gasteiger charge is -2.16. The fourth-order valence-electron chi connectivity index (χ4n) is 0.644. The molecule has 0 aliphatic heterocycles. The van der Waals surface area contributed by atoms with Crippen LogP contribution in [-0.4, -0.2) is 25.7 Å². The minimum Gasteiger partial charge on any atom is -0.344 e. The quantitative estimate of drug-likeness (QED) is 0.509. The maximum Gasteiger partial charge on any atom is 0.345 e. The smallest absolute Gasteiger partial charge is 0.344 e. The molecule has 0 atom stereocenters. The molecule has 0 rings (SSSR count). The van der Waals surface area contributed by atoms with Gasteiger partial charge >= 0.3 is 16.1 Å². The van der Waals surface area contributed by atoms with Crippen LogP contribution in [0.25, 0.3) is 0 Å². The lowest BCUT2D eigenvalue weighted by atomic mass is 10.1. The Balaban J connectivity index is 0. The van der Waals surface area contributed by atoms with Crippen molar-refractivity contribution in [2.75, 3.05) is 5.75 Å². The maximum absolute atomic E-state index is 11.0. The van der Waals surface area contributed by atoms with Crippen LogP contribution in [0, 0.1) is 0 Å². The molecule has 0 aromatic rings. The summed E-state index contributed by atoms with van der Waals surface area (Å²) >= 11 is 0. The van der Waals surface area contributed by atoms with Crippen LogP contribution in [0.4, 0.5) is 0 Å². The molecule has 84 valence electrons. The highest BCUT2D eigenvalue weighted by Crippen LogP contribution is 2.05. The van der Waals surface area contributed by atoms with E-state index < -0.39 is 27.4 Å². The summed E-state index contributed by atoms with van der Waals surface area (Å²) in [6.07, 6.45) is 0.779. The summed E-state index contributed by atoms with van der Waals surface area (Å²) in [5, 5.41) is 0. The molecule has 6 nitrogen and oxygen atoms in total. The Morgan fingerprint density at radius 2 is 2.00 bits per heavy atom. The van der Waals surface area contributed by atoms with Crippen molar-refractivity contribution >= 4 is 16.1 Å². The van der Waals surface area contributed by atoms with E-state index in [1.807, 2.05) is 0 Å². The second-order valence-corrected chi connectivity index (χ2v) is 4.87. The van der Waals surface area contributed by atoms with E-state index in [4.69, 9.17) is 5.73 Å². The summed E-state index contributed by atoms with van der Waals surface area (Å²) in [5.41, 5.74) is 4.51. The van der Waals surface area contributed by atoms with E-state index in [1.54, 1.807) is 0 Å². The zero-order valence-electron chi connectivity index (χ0n) is 8.32. The van der Waals surface area contributed by atoms with Gasteiger partial charge in [-0.2, -0.15) is 8.42 Å². The van der Waals surface area contributed by atoms with Crippen molar-refractivity contribution in [3.63, 3.8) is 0 Å². The highest BCUT2D eigenvalue weighted by Gasteiger charge is 2.24. The SMILES string of the molecule is C=CC(=O)OS(=O)(=O)CC(C)(C)N.N. The summed E-state index contributed by atoms with van der Waals surface area (Å²) in [6.45, 7) is 6.11.